The topological polar surface area (TPSA) is 82.3 Å². The fourth-order valence-electron chi connectivity index (χ4n) is 1.62. The Bertz CT molecular complexity index is 253. The van der Waals surface area contributed by atoms with Crippen LogP contribution in [0, 0.1) is 17.2 Å². The number of hydrogen-bond donors (Lipinski definition) is 2. The van der Waals surface area contributed by atoms with Crippen LogP contribution >= 0.6 is 0 Å². The normalized spacial score (nSPS) is 30.4. The van der Waals surface area contributed by atoms with E-state index < -0.39 is 11.5 Å². The van der Waals surface area contributed by atoms with Gasteiger partial charge in [0.1, 0.15) is 5.54 Å². The highest BCUT2D eigenvalue weighted by Crippen LogP contribution is 2.37. The summed E-state index contributed by atoms with van der Waals surface area (Å²) in [6.45, 7) is 1.11. The highest BCUT2D eigenvalue weighted by atomic mass is 16.5. The van der Waals surface area contributed by atoms with Crippen LogP contribution in [0.3, 0.4) is 0 Å². The van der Waals surface area contributed by atoms with Crippen LogP contribution in [-0.2, 0) is 9.53 Å². The van der Waals surface area contributed by atoms with Crippen molar-refractivity contribution in [2.75, 3.05) is 20.3 Å². The lowest BCUT2D eigenvalue weighted by Crippen LogP contribution is -2.56. The summed E-state index contributed by atoms with van der Waals surface area (Å²) in [5.41, 5.74) is -0.637. The summed E-state index contributed by atoms with van der Waals surface area (Å²) in [7, 11) is 1.58. The predicted octanol–water partition coefficient (Wildman–Crippen LogP) is -0.0206. The molecule has 0 spiro atoms. The van der Waals surface area contributed by atoms with Crippen molar-refractivity contribution in [3.8, 4) is 6.07 Å². The molecule has 1 fully saturated rings. The maximum absolute atomic E-state index is 10.6. The first-order valence-corrected chi connectivity index (χ1v) is 4.51. The Balaban J connectivity index is 2.34. The third kappa shape index (κ3) is 2.22. The number of carboxylic acids is 1. The van der Waals surface area contributed by atoms with Gasteiger partial charge in [-0.15, -0.1) is 0 Å². The average Bonchev–Trinajstić information content (AvgIpc) is 2.09. The van der Waals surface area contributed by atoms with E-state index >= 15 is 0 Å². The van der Waals surface area contributed by atoms with Crippen molar-refractivity contribution in [3.05, 3.63) is 0 Å². The number of hydrogen-bond acceptors (Lipinski definition) is 4. The smallest absolute Gasteiger partial charge is 0.306 e. The molecule has 0 atom stereocenters. The molecular weight excluding hydrogens is 184 g/mol. The molecule has 1 aliphatic rings. The average molecular weight is 198 g/mol. The third-order valence-electron chi connectivity index (χ3n) is 2.52. The molecule has 1 saturated carbocycles. The molecule has 0 unspecified atom stereocenters. The molecule has 0 aliphatic heterocycles. The summed E-state index contributed by atoms with van der Waals surface area (Å²) in [5.74, 6) is -1.19. The van der Waals surface area contributed by atoms with Gasteiger partial charge in [-0.05, 0) is 12.8 Å². The number of ether oxygens (including phenoxy) is 1. The Morgan fingerprint density at radius 1 is 1.79 bits per heavy atom. The van der Waals surface area contributed by atoms with Gasteiger partial charge in [0, 0.05) is 13.7 Å². The molecule has 0 saturated heterocycles. The number of methoxy groups -OCH3 is 1. The Kier molecular flexibility index (Phi) is 3.44. The van der Waals surface area contributed by atoms with Crippen LogP contribution in [0.15, 0.2) is 0 Å². The van der Waals surface area contributed by atoms with Gasteiger partial charge in [0.25, 0.3) is 0 Å². The Morgan fingerprint density at radius 3 is 2.86 bits per heavy atom. The molecule has 0 bridgehead atoms. The van der Waals surface area contributed by atoms with Crippen LogP contribution in [0.25, 0.3) is 0 Å². The highest BCUT2D eigenvalue weighted by molar-refractivity contribution is 5.72. The minimum Gasteiger partial charge on any atom is -0.481 e. The quantitative estimate of drug-likeness (QED) is 0.606. The van der Waals surface area contributed by atoms with E-state index in [0.717, 1.165) is 0 Å². The lowest BCUT2D eigenvalue weighted by molar-refractivity contribution is -0.146. The molecule has 0 aromatic heterocycles. The van der Waals surface area contributed by atoms with Gasteiger partial charge in [-0.2, -0.15) is 5.26 Å². The van der Waals surface area contributed by atoms with Gasteiger partial charge in [0.15, 0.2) is 0 Å². The maximum atomic E-state index is 10.6. The summed E-state index contributed by atoms with van der Waals surface area (Å²) in [4.78, 5) is 10.6. The SMILES string of the molecule is COCCNC1(C#N)CC(C(=O)O)C1. The van der Waals surface area contributed by atoms with Crippen LogP contribution in [0.2, 0.25) is 0 Å². The van der Waals surface area contributed by atoms with E-state index in [2.05, 4.69) is 11.4 Å². The van der Waals surface area contributed by atoms with E-state index in [0.29, 0.717) is 26.0 Å². The molecule has 2 N–H and O–H groups in total. The van der Waals surface area contributed by atoms with E-state index in [-0.39, 0.29) is 5.92 Å². The standard InChI is InChI=1S/C9H14N2O3/c1-14-3-2-11-9(6-10)4-7(5-9)8(12)13/h7,11H,2-5H2,1H3,(H,12,13). The van der Waals surface area contributed by atoms with Gasteiger partial charge in [-0.25, -0.2) is 0 Å². The first-order chi connectivity index (χ1) is 6.63. The first kappa shape index (κ1) is 11.0. The van der Waals surface area contributed by atoms with Gasteiger partial charge in [0.05, 0.1) is 18.6 Å². The first-order valence-electron chi connectivity index (χ1n) is 4.51. The number of rotatable bonds is 5. The molecule has 1 rings (SSSR count). The van der Waals surface area contributed by atoms with Crippen LogP contribution in [0.1, 0.15) is 12.8 Å². The number of aliphatic carboxylic acids is 1. The number of nitrogens with one attached hydrogen (secondary N) is 1. The van der Waals surface area contributed by atoms with Crippen molar-refractivity contribution in [2.45, 2.75) is 18.4 Å². The van der Waals surface area contributed by atoms with Gasteiger partial charge in [-0.1, -0.05) is 0 Å². The fraction of sp³-hybridized carbons (Fsp3) is 0.778. The molecule has 78 valence electrons. The van der Waals surface area contributed by atoms with Crippen molar-refractivity contribution in [1.82, 2.24) is 5.32 Å². The van der Waals surface area contributed by atoms with Crippen LogP contribution in [0.4, 0.5) is 0 Å². The molecule has 5 heteroatoms. The van der Waals surface area contributed by atoms with Crippen LogP contribution in [-0.4, -0.2) is 36.9 Å². The Morgan fingerprint density at radius 2 is 2.43 bits per heavy atom. The van der Waals surface area contributed by atoms with E-state index in [4.69, 9.17) is 15.1 Å². The van der Waals surface area contributed by atoms with Gasteiger partial charge in [-0.3, -0.25) is 10.1 Å². The second-order valence-electron chi connectivity index (χ2n) is 3.56. The summed E-state index contributed by atoms with van der Waals surface area (Å²) in [6.07, 6.45) is 0.783. The number of carbonyl (C=O) groups is 1. The maximum Gasteiger partial charge on any atom is 0.306 e. The number of carboxylic acid groups (broad SMARTS) is 1. The van der Waals surface area contributed by atoms with Crippen LogP contribution in [0.5, 0.6) is 0 Å². The minimum absolute atomic E-state index is 0.371. The minimum atomic E-state index is -0.815. The fourth-order valence-corrected chi connectivity index (χ4v) is 1.62. The third-order valence-corrected chi connectivity index (χ3v) is 2.52. The van der Waals surface area contributed by atoms with E-state index in [1.165, 1.54) is 0 Å². The lowest BCUT2D eigenvalue weighted by atomic mass is 9.69. The van der Waals surface area contributed by atoms with Gasteiger partial charge >= 0.3 is 5.97 Å². The Hall–Kier alpha value is -1.12. The second-order valence-corrected chi connectivity index (χ2v) is 3.56. The van der Waals surface area contributed by atoms with E-state index in [1.807, 2.05) is 0 Å². The zero-order valence-electron chi connectivity index (χ0n) is 8.12. The van der Waals surface area contributed by atoms with Crippen molar-refractivity contribution in [3.63, 3.8) is 0 Å². The molecule has 14 heavy (non-hydrogen) atoms. The molecule has 5 nitrogen and oxygen atoms in total. The van der Waals surface area contributed by atoms with Crippen LogP contribution < -0.4 is 5.32 Å². The largest absolute Gasteiger partial charge is 0.481 e. The molecule has 0 heterocycles. The predicted molar refractivity (Wildman–Crippen MR) is 48.6 cm³/mol. The number of nitrogens with zero attached hydrogens (tertiary/aromatic N) is 1. The molecule has 0 amide bonds. The summed E-state index contributed by atoms with van der Waals surface area (Å²) in [5, 5.41) is 20.6. The lowest BCUT2D eigenvalue weighted by Gasteiger charge is -2.40. The summed E-state index contributed by atoms with van der Waals surface area (Å²) < 4.78 is 4.84. The number of nitriles is 1. The van der Waals surface area contributed by atoms with Crippen molar-refractivity contribution >= 4 is 5.97 Å². The zero-order valence-corrected chi connectivity index (χ0v) is 8.12. The molecule has 1 aliphatic carbocycles. The zero-order chi connectivity index (χ0) is 10.6. The van der Waals surface area contributed by atoms with Crippen molar-refractivity contribution in [2.24, 2.45) is 5.92 Å². The van der Waals surface area contributed by atoms with Gasteiger partial charge < -0.3 is 9.84 Å². The second kappa shape index (κ2) is 4.40. The molecular formula is C9H14N2O3. The molecule has 0 aromatic rings. The van der Waals surface area contributed by atoms with Crippen molar-refractivity contribution in [1.29, 1.82) is 5.26 Å². The van der Waals surface area contributed by atoms with Crippen molar-refractivity contribution < 1.29 is 14.6 Å². The Labute approximate surface area is 82.7 Å². The monoisotopic (exact) mass is 198 g/mol. The molecule has 0 radical (unpaired) electrons. The summed E-state index contributed by atoms with van der Waals surface area (Å²) in [6, 6.07) is 2.13. The van der Waals surface area contributed by atoms with E-state index in [9.17, 15) is 4.79 Å². The van der Waals surface area contributed by atoms with E-state index in [1.54, 1.807) is 7.11 Å². The van der Waals surface area contributed by atoms with Gasteiger partial charge in [0.2, 0.25) is 0 Å². The summed E-state index contributed by atoms with van der Waals surface area (Å²) >= 11 is 0. The highest BCUT2D eigenvalue weighted by Gasteiger charge is 2.47. The molecule has 0 aromatic carbocycles.